The minimum absolute atomic E-state index is 0.383. The van der Waals surface area contributed by atoms with Gasteiger partial charge in [0.25, 0.3) is 0 Å². The summed E-state index contributed by atoms with van der Waals surface area (Å²) < 4.78 is 0. The van der Waals surface area contributed by atoms with Crippen LogP contribution in [0.1, 0.15) is 0 Å². The molecule has 0 aliphatic carbocycles. The van der Waals surface area contributed by atoms with Crippen LogP contribution >= 0.6 is 47.6 Å². The maximum atomic E-state index is 5.88. The Bertz CT molecular complexity index is 447. The van der Waals surface area contributed by atoms with Crippen molar-refractivity contribution in [2.45, 2.75) is 0 Å². The van der Waals surface area contributed by atoms with Crippen molar-refractivity contribution in [2.75, 3.05) is 19.4 Å². The Morgan fingerprint density at radius 2 is 1.72 bits per heavy atom. The van der Waals surface area contributed by atoms with E-state index < -0.39 is 0 Å². The molecule has 8 heteroatoms. The molecule has 4 nitrogen and oxygen atoms in total. The van der Waals surface area contributed by atoms with Gasteiger partial charge >= 0.3 is 0 Å². The van der Waals surface area contributed by atoms with Gasteiger partial charge in [-0.3, -0.25) is 10.4 Å². The van der Waals surface area contributed by atoms with E-state index in [0.717, 1.165) is 0 Å². The van der Waals surface area contributed by atoms with E-state index in [1.165, 1.54) is 0 Å². The molecule has 0 bridgehead atoms. The van der Waals surface area contributed by atoms with Gasteiger partial charge in [0.05, 0.1) is 0 Å². The Morgan fingerprint density at radius 1 is 1.17 bits per heavy atom. The van der Waals surface area contributed by atoms with Crippen LogP contribution in [-0.4, -0.2) is 29.3 Å². The number of hydrazine groups is 1. The minimum atomic E-state index is 0.383. The van der Waals surface area contributed by atoms with Crippen molar-refractivity contribution < 1.29 is 0 Å². The van der Waals surface area contributed by atoms with E-state index in [4.69, 9.17) is 47.6 Å². The van der Waals surface area contributed by atoms with E-state index in [1.807, 2.05) is 0 Å². The lowest BCUT2D eigenvalue weighted by molar-refractivity contribution is 0.455. The predicted octanol–water partition coefficient (Wildman–Crippen LogP) is 2.63. The SMILES string of the molecule is CNC(=S)N(C)NC(=S)Nc1cc(Cl)cc(Cl)c1. The Morgan fingerprint density at radius 3 is 2.22 bits per heavy atom. The van der Waals surface area contributed by atoms with Crippen LogP contribution in [0.3, 0.4) is 0 Å². The number of rotatable bonds is 1. The van der Waals surface area contributed by atoms with Crippen LogP contribution in [0.2, 0.25) is 10.0 Å². The largest absolute Gasteiger partial charge is 0.364 e. The summed E-state index contributed by atoms with van der Waals surface area (Å²) in [6.07, 6.45) is 0. The fourth-order valence-corrected chi connectivity index (χ4v) is 1.98. The molecule has 0 saturated carbocycles. The molecule has 18 heavy (non-hydrogen) atoms. The molecule has 1 aromatic rings. The monoisotopic (exact) mass is 322 g/mol. The lowest BCUT2D eigenvalue weighted by Gasteiger charge is -2.22. The fourth-order valence-electron chi connectivity index (χ4n) is 1.16. The molecule has 0 aliphatic heterocycles. The summed E-state index contributed by atoms with van der Waals surface area (Å²) >= 11 is 21.9. The first-order chi connectivity index (χ1) is 8.42. The number of halogens is 2. The topological polar surface area (TPSA) is 39.3 Å². The molecule has 0 amide bonds. The molecule has 0 radical (unpaired) electrons. The molecule has 0 spiro atoms. The average molecular weight is 323 g/mol. The van der Waals surface area contributed by atoms with Gasteiger partial charge in [0, 0.05) is 29.8 Å². The first-order valence-electron chi connectivity index (χ1n) is 4.91. The van der Waals surface area contributed by atoms with Gasteiger partial charge in [0.15, 0.2) is 10.2 Å². The van der Waals surface area contributed by atoms with Gasteiger partial charge in [-0.2, -0.15) is 0 Å². The quantitative estimate of drug-likeness (QED) is 0.545. The highest BCUT2D eigenvalue weighted by Crippen LogP contribution is 2.22. The molecular formula is C10H12Cl2N4S2. The lowest BCUT2D eigenvalue weighted by Crippen LogP contribution is -2.48. The van der Waals surface area contributed by atoms with Crippen LogP contribution in [0.25, 0.3) is 0 Å². The van der Waals surface area contributed by atoms with Gasteiger partial charge in [-0.15, -0.1) is 0 Å². The Balaban J connectivity index is 2.62. The van der Waals surface area contributed by atoms with E-state index in [-0.39, 0.29) is 0 Å². The standard InChI is InChI=1S/C10H12Cl2N4S2/c1-13-10(18)16(2)15-9(17)14-8-4-6(11)3-7(12)5-8/h3-5H,1-2H3,(H,13,18)(H2,14,15,17). The smallest absolute Gasteiger partial charge is 0.189 e. The first-order valence-corrected chi connectivity index (χ1v) is 6.49. The van der Waals surface area contributed by atoms with Crippen molar-refractivity contribution in [3.8, 4) is 0 Å². The molecule has 0 fully saturated rings. The number of thiocarbonyl (C=S) groups is 2. The second-order valence-electron chi connectivity index (χ2n) is 3.34. The fraction of sp³-hybridized carbons (Fsp3) is 0.200. The number of anilines is 1. The number of nitrogens with zero attached hydrogens (tertiary/aromatic N) is 1. The van der Waals surface area contributed by atoms with E-state index in [1.54, 1.807) is 37.3 Å². The Hall–Kier alpha value is -0.820. The van der Waals surface area contributed by atoms with Crippen LogP contribution in [0, 0.1) is 0 Å². The van der Waals surface area contributed by atoms with Crippen LogP contribution in [0.5, 0.6) is 0 Å². The molecule has 0 atom stereocenters. The minimum Gasteiger partial charge on any atom is -0.364 e. The van der Waals surface area contributed by atoms with E-state index in [2.05, 4.69) is 16.1 Å². The Kier molecular flexibility index (Phi) is 5.87. The summed E-state index contributed by atoms with van der Waals surface area (Å²) in [5, 5.41) is 9.32. The van der Waals surface area contributed by atoms with Crippen molar-refractivity contribution in [3.05, 3.63) is 28.2 Å². The zero-order valence-electron chi connectivity index (χ0n) is 9.75. The molecule has 0 saturated heterocycles. The van der Waals surface area contributed by atoms with Gasteiger partial charge in [-0.05, 0) is 42.6 Å². The molecular weight excluding hydrogens is 311 g/mol. The Labute approximate surface area is 127 Å². The van der Waals surface area contributed by atoms with Gasteiger partial charge < -0.3 is 10.6 Å². The highest BCUT2D eigenvalue weighted by Gasteiger charge is 2.05. The normalized spacial score (nSPS) is 9.56. The highest BCUT2D eigenvalue weighted by atomic mass is 35.5. The van der Waals surface area contributed by atoms with E-state index >= 15 is 0 Å². The molecule has 0 unspecified atom stereocenters. The lowest BCUT2D eigenvalue weighted by atomic mass is 10.3. The second-order valence-corrected chi connectivity index (χ2v) is 5.01. The summed E-state index contributed by atoms with van der Waals surface area (Å²) in [6.45, 7) is 0. The molecule has 3 N–H and O–H groups in total. The molecule has 98 valence electrons. The first kappa shape index (κ1) is 15.2. The summed E-state index contributed by atoms with van der Waals surface area (Å²) in [5.74, 6) is 0. The number of hydrogen-bond donors (Lipinski definition) is 3. The van der Waals surface area contributed by atoms with Crippen molar-refractivity contribution in [1.29, 1.82) is 0 Å². The zero-order chi connectivity index (χ0) is 13.7. The maximum Gasteiger partial charge on any atom is 0.189 e. The number of hydrogen-bond acceptors (Lipinski definition) is 2. The van der Waals surface area contributed by atoms with Crippen molar-refractivity contribution in [1.82, 2.24) is 15.8 Å². The van der Waals surface area contributed by atoms with E-state index in [9.17, 15) is 0 Å². The summed E-state index contributed by atoms with van der Waals surface area (Å²) in [7, 11) is 3.48. The average Bonchev–Trinajstić information content (AvgIpc) is 2.25. The van der Waals surface area contributed by atoms with Crippen molar-refractivity contribution in [3.63, 3.8) is 0 Å². The third-order valence-corrected chi connectivity index (χ3v) is 3.02. The molecule has 0 heterocycles. The second kappa shape index (κ2) is 6.94. The number of benzene rings is 1. The van der Waals surface area contributed by atoms with Gasteiger partial charge in [-0.1, -0.05) is 23.2 Å². The van der Waals surface area contributed by atoms with Crippen LogP contribution in [0.15, 0.2) is 18.2 Å². The van der Waals surface area contributed by atoms with Crippen LogP contribution < -0.4 is 16.1 Å². The van der Waals surface area contributed by atoms with Gasteiger partial charge in [0.2, 0.25) is 0 Å². The summed E-state index contributed by atoms with van der Waals surface area (Å²) in [5.41, 5.74) is 3.58. The maximum absolute atomic E-state index is 5.88. The summed E-state index contributed by atoms with van der Waals surface area (Å²) in [4.78, 5) is 0. The molecule has 1 rings (SSSR count). The van der Waals surface area contributed by atoms with Gasteiger partial charge in [-0.25, -0.2) is 0 Å². The third kappa shape index (κ3) is 4.81. The van der Waals surface area contributed by atoms with E-state index in [0.29, 0.717) is 26.0 Å². The van der Waals surface area contributed by atoms with Crippen molar-refractivity contribution >= 4 is 63.5 Å². The summed E-state index contributed by atoms with van der Waals surface area (Å²) in [6, 6.07) is 5.09. The predicted molar refractivity (Wildman–Crippen MR) is 85.2 cm³/mol. The van der Waals surface area contributed by atoms with Crippen molar-refractivity contribution in [2.24, 2.45) is 0 Å². The van der Waals surface area contributed by atoms with Gasteiger partial charge in [0.1, 0.15) is 0 Å². The van der Waals surface area contributed by atoms with Crippen LogP contribution in [-0.2, 0) is 0 Å². The molecule has 0 aromatic heterocycles. The molecule has 0 aliphatic rings. The molecule has 1 aromatic carbocycles. The third-order valence-electron chi connectivity index (χ3n) is 1.91. The van der Waals surface area contributed by atoms with Crippen LogP contribution in [0.4, 0.5) is 5.69 Å². The number of nitrogens with one attached hydrogen (secondary N) is 3. The highest BCUT2D eigenvalue weighted by molar-refractivity contribution is 7.80. The zero-order valence-corrected chi connectivity index (χ0v) is 12.9.